The second-order valence-corrected chi connectivity index (χ2v) is 7.39. The highest BCUT2D eigenvalue weighted by Crippen LogP contribution is 2.39. The molecular formula is C23H25NO5. The molecule has 0 radical (unpaired) electrons. The molecule has 1 unspecified atom stereocenters. The first-order chi connectivity index (χ1) is 14.0. The van der Waals surface area contributed by atoms with Gasteiger partial charge in [-0.1, -0.05) is 12.1 Å². The molecule has 2 aromatic carbocycles. The molecule has 29 heavy (non-hydrogen) atoms. The molecule has 1 saturated heterocycles. The summed E-state index contributed by atoms with van der Waals surface area (Å²) in [6.07, 6.45) is 0.926. The quantitative estimate of drug-likeness (QED) is 0.772. The number of para-hydroxylation sites is 1. The molecule has 2 aliphatic heterocycles. The van der Waals surface area contributed by atoms with Crippen LogP contribution < -0.4 is 14.2 Å². The van der Waals surface area contributed by atoms with Gasteiger partial charge >= 0.3 is 0 Å². The van der Waals surface area contributed by atoms with Crippen molar-refractivity contribution in [2.45, 2.75) is 32.3 Å². The molecule has 6 nitrogen and oxygen atoms in total. The van der Waals surface area contributed by atoms with Crippen molar-refractivity contribution in [3.63, 3.8) is 0 Å². The van der Waals surface area contributed by atoms with Gasteiger partial charge in [0.15, 0.2) is 17.3 Å². The van der Waals surface area contributed by atoms with Crippen molar-refractivity contribution in [2.75, 3.05) is 26.3 Å². The third-order valence-corrected chi connectivity index (χ3v) is 5.39. The Hall–Kier alpha value is -3.02. The second kappa shape index (κ2) is 7.78. The molecule has 1 atom stereocenters. The molecule has 1 fully saturated rings. The van der Waals surface area contributed by atoms with Gasteiger partial charge in [0.1, 0.15) is 11.4 Å². The summed E-state index contributed by atoms with van der Waals surface area (Å²) in [5.41, 5.74) is 0.516. The van der Waals surface area contributed by atoms with Gasteiger partial charge in [0.05, 0.1) is 31.7 Å². The van der Waals surface area contributed by atoms with Crippen LogP contribution in [0.1, 0.15) is 47.4 Å². The number of fused-ring (bicyclic) bond motifs is 1. The number of hydrogen-bond donors (Lipinski definition) is 0. The van der Waals surface area contributed by atoms with Crippen molar-refractivity contribution in [2.24, 2.45) is 0 Å². The summed E-state index contributed by atoms with van der Waals surface area (Å²) >= 11 is 0. The van der Waals surface area contributed by atoms with Crippen molar-refractivity contribution >= 4 is 11.7 Å². The monoisotopic (exact) mass is 395 g/mol. The van der Waals surface area contributed by atoms with Gasteiger partial charge in [-0.25, -0.2) is 0 Å². The zero-order valence-corrected chi connectivity index (χ0v) is 16.8. The van der Waals surface area contributed by atoms with E-state index in [0.29, 0.717) is 67.5 Å². The first kappa shape index (κ1) is 19.3. The number of benzene rings is 2. The lowest BCUT2D eigenvalue weighted by Gasteiger charge is -2.34. The van der Waals surface area contributed by atoms with Crippen LogP contribution in [0.4, 0.5) is 0 Å². The molecule has 4 rings (SSSR count). The molecule has 2 aromatic rings. The number of carbonyl (C=O) groups is 2. The number of hydrogen-bond acceptors (Lipinski definition) is 5. The topological polar surface area (TPSA) is 65.1 Å². The van der Waals surface area contributed by atoms with Crippen molar-refractivity contribution in [3.8, 4) is 17.2 Å². The largest absolute Gasteiger partial charge is 0.490 e. The van der Waals surface area contributed by atoms with E-state index in [1.54, 1.807) is 29.2 Å². The highest BCUT2D eigenvalue weighted by atomic mass is 16.5. The van der Waals surface area contributed by atoms with E-state index in [9.17, 15) is 9.59 Å². The standard InChI is InChI=1S/C23H25NO5/c1-3-27-20-10-9-16(13-21(20)28-4-2)22(26)24-12-11-23(15-24)14-18(25)17-7-5-6-8-19(17)29-23/h5-10,13H,3-4,11-12,14-15H2,1-2H3. The van der Waals surface area contributed by atoms with E-state index in [1.807, 2.05) is 32.0 Å². The molecule has 2 aliphatic rings. The van der Waals surface area contributed by atoms with E-state index in [1.165, 1.54) is 0 Å². The highest BCUT2D eigenvalue weighted by molar-refractivity contribution is 6.00. The van der Waals surface area contributed by atoms with Crippen molar-refractivity contribution in [1.82, 2.24) is 4.90 Å². The van der Waals surface area contributed by atoms with Gasteiger partial charge in [0.2, 0.25) is 0 Å². The lowest BCUT2D eigenvalue weighted by Crippen LogP contribution is -2.45. The number of Topliss-reactive ketones (excluding diaryl/α,β-unsaturated/α-hetero) is 1. The minimum atomic E-state index is -0.644. The molecule has 1 spiro atoms. The number of nitrogens with zero attached hydrogens (tertiary/aromatic N) is 1. The van der Waals surface area contributed by atoms with Crippen molar-refractivity contribution in [1.29, 1.82) is 0 Å². The van der Waals surface area contributed by atoms with E-state index in [4.69, 9.17) is 14.2 Å². The van der Waals surface area contributed by atoms with Gasteiger partial charge < -0.3 is 19.1 Å². The van der Waals surface area contributed by atoms with E-state index >= 15 is 0 Å². The maximum absolute atomic E-state index is 13.1. The maximum atomic E-state index is 13.1. The van der Waals surface area contributed by atoms with Gasteiger partial charge in [0, 0.05) is 18.5 Å². The molecule has 2 heterocycles. The number of amides is 1. The van der Waals surface area contributed by atoms with Crippen LogP contribution in [0, 0.1) is 0 Å². The third-order valence-electron chi connectivity index (χ3n) is 5.39. The molecule has 1 amide bonds. The number of rotatable bonds is 5. The van der Waals surface area contributed by atoms with Gasteiger partial charge in [-0.05, 0) is 44.2 Å². The Morgan fingerprint density at radius 1 is 1.10 bits per heavy atom. The van der Waals surface area contributed by atoms with Crippen LogP contribution >= 0.6 is 0 Å². The molecular weight excluding hydrogens is 370 g/mol. The van der Waals surface area contributed by atoms with E-state index in [0.717, 1.165) is 0 Å². The fourth-order valence-electron chi connectivity index (χ4n) is 4.06. The molecule has 0 bridgehead atoms. The summed E-state index contributed by atoms with van der Waals surface area (Å²) < 4.78 is 17.4. The Bertz CT molecular complexity index is 941. The average molecular weight is 395 g/mol. The van der Waals surface area contributed by atoms with Crippen molar-refractivity contribution < 1.29 is 23.8 Å². The first-order valence-corrected chi connectivity index (χ1v) is 10.1. The summed E-state index contributed by atoms with van der Waals surface area (Å²) in [4.78, 5) is 27.5. The van der Waals surface area contributed by atoms with Crippen LogP contribution in [0.2, 0.25) is 0 Å². The van der Waals surface area contributed by atoms with Crippen LogP contribution in [-0.2, 0) is 0 Å². The molecule has 0 saturated carbocycles. The molecule has 152 valence electrons. The highest BCUT2D eigenvalue weighted by Gasteiger charge is 2.47. The lowest BCUT2D eigenvalue weighted by molar-refractivity contribution is 0.0428. The predicted molar refractivity (Wildman–Crippen MR) is 108 cm³/mol. The fraction of sp³-hybridized carbons (Fsp3) is 0.391. The summed E-state index contributed by atoms with van der Waals surface area (Å²) in [7, 11) is 0. The Kier molecular flexibility index (Phi) is 5.18. The second-order valence-electron chi connectivity index (χ2n) is 7.39. The SMILES string of the molecule is CCOc1ccc(C(=O)N2CCC3(CC(=O)c4ccccc4O3)C2)cc1OCC. The Morgan fingerprint density at radius 3 is 2.66 bits per heavy atom. The van der Waals surface area contributed by atoms with Crippen LogP contribution in [-0.4, -0.2) is 48.5 Å². The van der Waals surface area contributed by atoms with E-state index < -0.39 is 5.60 Å². The lowest BCUT2D eigenvalue weighted by atomic mass is 9.89. The van der Waals surface area contributed by atoms with Crippen LogP contribution in [0.25, 0.3) is 0 Å². The molecule has 0 N–H and O–H groups in total. The van der Waals surface area contributed by atoms with Crippen LogP contribution in [0.3, 0.4) is 0 Å². The smallest absolute Gasteiger partial charge is 0.254 e. The molecule has 0 aliphatic carbocycles. The first-order valence-electron chi connectivity index (χ1n) is 10.1. The van der Waals surface area contributed by atoms with Gasteiger partial charge in [0.25, 0.3) is 5.91 Å². The Morgan fingerprint density at radius 2 is 1.86 bits per heavy atom. The van der Waals surface area contributed by atoms with Gasteiger partial charge in [-0.3, -0.25) is 9.59 Å². The van der Waals surface area contributed by atoms with Gasteiger partial charge in [-0.15, -0.1) is 0 Å². The Balaban J connectivity index is 1.53. The Labute approximate surface area is 170 Å². The maximum Gasteiger partial charge on any atom is 0.254 e. The van der Waals surface area contributed by atoms with E-state index in [2.05, 4.69) is 0 Å². The van der Waals surface area contributed by atoms with E-state index in [-0.39, 0.29) is 11.7 Å². The summed E-state index contributed by atoms with van der Waals surface area (Å²) in [6.45, 7) is 5.75. The summed E-state index contributed by atoms with van der Waals surface area (Å²) in [5.74, 6) is 1.77. The minimum Gasteiger partial charge on any atom is -0.490 e. The predicted octanol–water partition coefficient (Wildman–Crippen LogP) is 3.73. The third kappa shape index (κ3) is 3.67. The van der Waals surface area contributed by atoms with Crippen molar-refractivity contribution in [3.05, 3.63) is 53.6 Å². The molecule has 6 heteroatoms. The summed E-state index contributed by atoms with van der Waals surface area (Å²) in [6, 6.07) is 12.6. The van der Waals surface area contributed by atoms with Crippen LogP contribution in [0.5, 0.6) is 17.2 Å². The molecule has 0 aromatic heterocycles. The normalized spacial score (nSPS) is 20.3. The minimum absolute atomic E-state index is 0.0702. The van der Waals surface area contributed by atoms with Crippen LogP contribution in [0.15, 0.2) is 42.5 Å². The summed E-state index contributed by atoms with van der Waals surface area (Å²) in [5, 5.41) is 0. The van der Waals surface area contributed by atoms with Gasteiger partial charge in [-0.2, -0.15) is 0 Å². The number of ketones is 1. The average Bonchev–Trinajstić information content (AvgIpc) is 3.12. The number of ether oxygens (including phenoxy) is 3. The number of carbonyl (C=O) groups excluding carboxylic acids is 2. The zero-order chi connectivity index (χ0) is 20.4. The zero-order valence-electron chi connectivity index (χ0n) is 16.8. The number of likely N-dealkylation sites (tertiary alicyclic amines) is 1. The fourth-order valence-corrected chi connectivity index (χ4v) is 4.06.